The summed E-state index contributed by atoms with van der Waals surface area (Å²) in [5.41, 5.74) is 7.20. The van der Waals surface area contributed by atoms with Gasteiger partial charge in [0.1, 0.15) is 0 Å². The number of rotatable bonds is 9. The number of halogens is 1. The molecule has 0 aliphatic rings. The Hall–Kier alpha value is -2.57. The van der Waals surface area contributed by atoms with E-state index in [1.165, 1.54) is 27.8 Å². The molecule has 0 bridgehead atoms. The fraction of sp³-hybridized carbons (Fsp3) is 0.312. The van der Waals surface area contributed by atoms with Crippen molar-refractivity contribution in [2.24, 2.45) is 5.41 Å². The Morgan fingerprint density at radius 2 is 1.21 bits per heavy atom. The normalized spacial score (nSPS) is 13.4. The number of aryl methyl sites for hydroxylation is 1. The molecular formula is C32H37Cl. The Balaban J connectivity index is 2.06. The van der Waals surface area contributed by atoms with E-state index in [9.17, 15) is 0 Å². The van der Waals surface area contributed by atoms with Crippen molar-refractivity contribution in [3.8, 4) is 0 Å². The van der Waals surface area contributed by atoms with E-state index < -0.39 is 5.41 Å². The monoisotopic (exact) mass is 456 g/mol. The van der Waals surface area contributed by atoms with Crippen LogP contribution in [0, 0.1) is 12.3 Å². The molecule has 0 aromatic heterocycles. The molecule has 1 heteroatoms. The fourth-order valence-corrected chi connectivity index (χ4v) is 5.10. The largest absolute Gasteiger partial charge is 0.0998 e. The predicted molar refractivity (Wildman–Crippen MR) is 145 cm³/mol. The van der Waals surface area contributed by atoms with Crippen LogP contribution in [0.1, 0.15) is 68.7 Å². The van der Waals surface area contributed by atoms with Gasteiger partial charge in [-0.3, -0.25) is 0 Å². The van der Waals surface area contributed by atoms with Crippen LogP contribution >= 0.6 is 11.6 Å². The molecule has 172 valence electrons. The van der Waals surface area contributed by atoms with Crippen LogP contribution < -0.4 is 0 Å². The molecule has 0 saturated heterocycles. The van der Waals surface area contributed by atoms with E-state index in [0.29, 0.717) is 0 Å². The van der Waals surface area contributed by atoms with Crippen molar-refractivity contribution in [3.63, 3.8) is 0 Å². The zero-order chi connectivity index (χ0) is 24.1. The molecule has 0 N–H and O–H groups in total. The lowest BCUT2D eigenvalue weighted by atomic mass is 9.65. The second-order valence-corrected chi connectivity index (χ2v) is 10.9. The van der Waals surface area contributed by atoms with E-state index in [1.54, 1.807) is 0 Å². The maximum absolute atomic E-state index is 6.88. The molecule has 33 heavy (non-hydrogen) atoms. The summed E-state index contributed by atoms with van der Waals surface area (Å²) < 4.78 is 0. The van der Waals surface area contributed by atoms with Gasteiger partial charge in [-0.25, -0.2) is 0 Å². The second-order valence-electron chi connectivity index (χ2n) is 10.5. The smallest absolute Gasteiger partial charge is 0.0502 e. The lowest BCUT2D eigenvalue weighted by Gasteiger charge is -2.37. The van der Waals surface area contributed by atoms with E-state index in [2.05, 4.69) is 108 Å². The molecule has 1 unspecified atom stereocenters. The van der Waals surface area contributed by atoms with Crippen molar-refractivity contribution in [2.45, 2.75) is 58.8 Å². The Bertz CT molecular complexity index is 1080. The van der Waals surface area contributed by atoms with Gasteiger partial charge in [0.2, 0.25) is 0 Å². The van der Waals surface area contributed by atoms with Crippen LogP contribution in [0.4, 0.5) is 0 Å². The minimum absolute atomic E-state index is 0.256. The summed E-state index contributed by atoms with van der Waals surface area (Å²) in [6, 6.07) is 27.9. The van der Waals surface area contributed by atoms with Crippen LogP contribution in [0.15, 0.2) is 103 Å². The highest BCUT2D eigenvalue weighted by Crippen LogP contribution is 2.47. The van der Waals surface area contributed by atoms with Crippen LogP contribution in [-0.4, -0.2) is 0 Å². The van der Waals surface area contributed by atoms with Crippen LogP contribution in [0.3, 0.4) is 0 Å². The molecular weight excluding hydrogens is 420 g/mol. The minimum atomic E-state index is -0.407. The summed E-state index contributed by atoms with van der Waals surface area (Å²) in [7, 11) is 0. The van der Waals surface area contributed by atoms with E-state index in [1.807, 2.05) is 12.1 Å². The van der Waals surface area contributed by atoms with E-state index >= 15 is 0 Å². The molecule has 3 aromatic carbocycles. The Labute approximate surface area is 206 Å². The van der Waals surface area contributed by atoms with Crippen molar-refractivity contribution in [2.75, 3.05) is 0 Å². The SMILES string of the molecule is C=C(CCC(=C)CC(c1ccccc1)(c1ccc(C)cc1)c1ccccc1Cl)CC(C)(C)C. The van der Waals surface area contributed by atoms with Gasteiger partial charge in [-0.1, -0.05) is 135 Å². The van der Waals surface area contributed by atoms with Crippen LogP contribution in [0.2, 0.25) is 5.02 Å². The maximum Gasteiger partial charge on any atom is 0.0502 e. The average Bonchev–Trinajstić information content (AvgIpc) is 2.77. The molecule has 3 aromatic rings. The van der Waals surface area contributed by atoms with Crippen LogP contribution in [0.5, 0.6) is 0 Å². The summed E-state index contributed by atoms with van der Waals surface area (Å²) >= 11 is 6.88. The quantitative estimate of drug-likeness (QED) is 0.222. The molecule has 3 rings (SSSR count). The molecule has 0 amide bonds. The first-order valence-electron chi connectivity index (χ1n) is 11.8. The van der Waals surface area contributed by atoms with Crippen LogP contribution in [0.25, 0.3) is 0 Å². The summed E-state index contributed by atoms with van der Waals surface area (Å²) in [4.78, 5) is 0. The highest BCUT2D eigenvalue weighted by atomic mass is 35.5. The molecule has 0 spiro atoms. The van der Waals surface area contributed by atoms with Gasteiger partial charge in [0.25, 0.3) is 0 Å². The maximum atomic E-state index is 6.88. The van der Waals surface area contributed by atoms with Crippen LogP contribution in [-0.2, 0) is 5.41 Å². The van der Waals surface area contributed by atoms with Crippen molar-refractivity contribution in [1.29, 1.82) is 0 Å². The van der Waals surface area contributed by atoms with Crippen molar-refractivity contribution in [3.05, 3.63) is 130 Å². The Morgan fingerprint density at radius 1 is 0.697 bits per heavy atom. The summed E-state index contributed by atoms with van der Waals surface area (Å²) in [6.07, 6.45) is 3.73. The summed E-state index contributed by atoms with van der Waals surface area (Å²) in [5.74, 6) is 0. The summed E-state index contributed by atoms with van der Waals surface area (Å²) in [5, 5.41) is 0.784. The van der Waals surface area contributed by atoms with E-state index in [-0.39, 0.29) is 5.41 Å². The average molecular weight is 457 g/mol. The highest BCUT2D eigenvalue weighted by molar-refractivity contribution is 6.31. The van der Waals surface area contributed by atoms with Crippen molar-refractivity contribution < 1.29 is 0 Å². The molecule has 0 fully saturated rings. The lowest BCUT2D eigenvalue weighted by Crippen LogP contribution is -2.30. The zero-order valence-electron chi connectivity index (χ0n) is 20.6. The third-order valence-corrected chi connectivity index (χ3v) is 6.60. The minimum Gasteiger partial charge on any atom is -0.0998 e. The Morgan fingerprint density at radius 3 is 1.79 bits per heavy atom. The van der Waals surface area contributed by atoms with Crippen molar-refractivity contribution in [1.82, 2.24) is 0 Å². The summed E-state index contributed by atoms with van der Waals surface area (Å²) in [6.45, 7) is 17.8. The molecule has 0 saturated carbocycles. The molecule has 0 aliphatic carbocycles. The van der Waals surface area contributed by atoms with Gasteiger partial charge in [-0.2, -0.15) is 0 Å². The topological polar surface area (TPSA) is 0 Å². The number of allylic oxidation sites excluding steroid dienone is 2. The Kier molecular flexibility index (Phi) is 8.03. The second kappa shape index (κ2) is 10.6. The van der Waals surface area contributed by atoms with Gasteiger partial charge in [-0.15, -0.1) is 0 Å². The van der Waals surface area contributed by atoms with Gasteiger partial charge in [-0.05, 0) is 60.8 Å². The van der Waals surface area contributed by atoms with Gasteiger partial charge in [0.15, 0.2) is 0 Å². The van der Waals surface area contributed by atoms with Gasteiger partial charge >= 0.3 is 0 Å². The number of benzene rings is 3. The molecule has 0 nitrogen and oxygen atoms in total. The van der Waals surface area contributed by atoms with Gasteiger partial charge in [0.05, 0.1) is 5.41 Å². The first kappa shape index (κ1) is 25.1. The molecule has 0 heterocycles. The first-order valence-corrected chi connectivity index (χ1v) is 12.2. The fourth-order valence-electron chi connectivity index (χ4n) is 4.80. The van der Waals surface area contributed by atoms with E-state index in [4.69, 9.17) is 11.6 Å². The number of hydrogen-bond donors (Lipinski definition) is 0. The molecule has 0 radical (unpaired) electrons. The molecule has 1 atom stereocenters. The third kappa shape index (κ3) is 6.27. The van der Waals surface area contributed by atoms with Gasteiger partial charge in [0, 0.05) is 5.02 Å². The standard InChI is InChI=1S/C32H37Cl/c1-24-18-20-28(21-19-24)32(27-12-8-7-9-13-27,29-14-10-11-15-30(29)33)23-26(3)17-16-25(2)22-31(4,5)6/h7-15,18-21H,2-3,16-17,22-23H2,1,4-6H3. The molecule has 0 aliphatic heterocycles. The number of hydrogen-bond acceptors (Lipinski definition) is 0. The van der Waals surface area contributed by atoms with Gasteiger partial charge < -0.3 is 0 Å². The highest BCUT2D eigenvalue weighted by Gasteiger charge is 2.38. The lowest BCUT2D eigenvalue weighted by molar-refractivity contribution is 0.404. The van der Waals surface area contributed by atoms with Crippen molar-refractivity contribution >= 4 is 11.6 Å². The first-order chi connectivity index (χ1) is 15.6. The third-order valence-electron chi connectivity index (χ3n) is 6.27. The predicted octanol–water partition coefficient (Wildman–Crippen LogP) is 9.70. The zero-order valence-corrected chi connectivity index (χ0v) is 21.4. The van der Waals surface area contributed by atoms with E-state index in [0.717, 1.165) is 36.3 Å².